The molecule has 0 unspecified atom stereocenters. The zero-order valence-electron chi connectivity index (χ0n) is 15.5. The quantitative estimate of drug-likeness (QED) is 0.302. The van der Waals surface area contributed by atoms with Crippen LogP contribution in [-0.2, 0) is 6.18 Å². The molecule has 0 aliphatic heterocycles. The second-order valence-corrected chi connectivity index (χ2v) is 5.94. The molecule has 0 saturated carbocycles. The van der Waals surface area contributed by atoms with E-state index in [1.165, 1.54) is 18.3 Å². The highest BCUT2D eigenvalue weighted by atomic mass is 19.4. The molecule has 0 bridgehead atoms. The van der Waals surface area contributed by atoms with Crippen LogP contribution in [0.5, 0.6) is 5.75 Å². The molecule has 3 aromatic rings. The highest BCUT2D eigenvalue weighted by Crippen LogP contribution is 2.33. The van der Waals surface area contributed by atoms with Gasteiger partial charge in [0.05, 0.1) is 11.8 Å². The van der Waals surface area contributed by atoms with Gasteiger partial charge < -0.3 is 10.1 Å². The first-order chi connectivity index (χ1) is 15.0. The van der Waals surface area contributed by atoms with Crippen molar-refractivity contribution < 1.29 is 35.5 Å². The minimum atomic E-state index is -4.88. The number of benzene rings is 2. The number of hydrazone groups is 1. The van der Waals surface area contributed by atoms with Crippen molar-refractivity contribution in [3.8, 4) is 5.75 Å². The lowest BCUT2D eigenvalue weighted by molar-refractivity contribution is -0.274. The number of anilines is 3. The Labute approximate surface area is 175 Å². The van der Waals surface area contributed by atoms with Gasteiger partial charge >= 0.3 is 12.5 Å². The first-order valence-electron chi connectivity index (χ1n) is 8.47. The van der Waals surface area contributed by atoms with E-state index in [0.717, 1.165) is 24.5 Å². The van der Waals surface area contributed by atoms with Gasteiger partial charge in [-0.3, -0.25) is 0 Å². The van der Waals surface area contributed by atoms with Gasteiger partial charge in [0.15, 0.2) is 0 Å². The summed E-state index contributed by atoms with van der Waals surface area (Å²) < 4.78 is 92.0. The predicted molar refractivity (Wildman–Crippen MR) is 98.9 cm³/mol. The lowest BCUT2D eigenvalue weighted by Gasteiger charge is -2.11. The summed E-state index contributed by atoms with van der Waals surface area (Å²) in [4.78, 5) is 11.4. The number of ether oxygens (including phenoxy) is 1. The standard InChI is InChI=1S/C18H11F7N6O/c19-14-6-3-11(7-13(14)17(20,21)22)29-15-26-9-27-16(30-15)31-28-8-10-1-4-12(5-2-10)32-18(23,24)25/h1-9H,(H2,26,27,29,30,31)/b28-8-. The first kappa shape index (κ1) is 22.7. The minimum absolute atomic E-state index is 0.0890. The molecular weight excluding hydrogens is 449 g/mol. The molecule has 0 spiro atoms. The van der Waals surface area contributed by atoms with Crippen LogP contribution in [0.2, 0.25) is 0 Å². The molecule has 0 saturated heterocycles. The smallest absolute Gasteiger partial charge is 0.406 e. The molecule has 0 atom stereocenters. The second-order valence-electron chi connectivity index (χ2n) is 5.94. The van der Waals surface area contributed by atoms with Gasteiger partial charge in [0, 0.05) is 5.69 Å². The number of hydrogen-bond acceptors (Lipinski definition) is 7. The maximum absolute atomic E-state index is 13.4. The molecule has 32 heavy (non-hydrogen) atoms. The topological polar surface area (TPSA) is 84.3 Å². The first-order valence-corrected chi connectivity index (χ1v) is 8.47. The van der Waals surface area contributed by atoms with Crippen LogP contribution in [0.15, 0.2) is 53.9 Å². The summed E-state index contributed by atoms with van der Waals surface area (Å²) in [5.41, 5.74) is 1.29. The Morgan fingerprint density at radius 2 is 1.59 bits per heavy atom. The third kappa shape index (κ3) is 6.52. The molecule has 3 rings (SSSR count). The van der Waals surface area contributed by atoms with E-state index in [4.69, 9.17) is 0 Å². The molecule has 2 aromatic carbocycles. The molecule has 1 aromatic heterocycles. The Morgan fingerprint density at radius 1 is 0.906 bits per heavy atom. The summed E-state index contributed by atoms with van der Waals surface area (Å²) in [7, 11) is 0. The van der Waals surface area contributed by atoms with Crippen molar-refractivity contribution in [3.05, 3.63) is 65.7 Å². The van der Waals surface area contributed by atoms with E-state index in [-0.39, 0.29) is 17.6 Å². The van der Waals surface area contributed by atoms with Crippen molar-refractivity contribution in [1.29, 1.82) is 0 Å². The van der Waals surface area contributed by atoms with Gasteiger partial charge in [0.2, 0.25) is 11.9 Å². The van der Waals surface area contributed by atoms with Gasteiger partial charge in [-0.1, -0.05) is 0 Å². The van der Waals surface area contributed by atoms with Gasteiger partial charge in [-0.25, -0.2) is 14.8 Å². The monoisotopic (exact) mass is 460 g/mol. The zero-order chi connectivity index (χ0) is 23.4. The lowest BCUT2D eigenvalue weighted by Crippen LogP contribution is -2.17. The van der Waals surface area contributed by atoms with E-state index in [1.54, 1.807) is 0 Å². The van der Waals surface area contributed by atoms with Crippen molar-refractivity contribution >= 4 is 23.8 Å². The number of rotatable bonds is 6. The van der Waals surface area contributed by atoms with Crippen LogP contribution in [0, 0.1) is 5.82 Å². The van der Waals surface area contributed by atoms with Crippen LogP contribution < -0.4 is 15.5 Å². The number of hydrogen-bond donors (Lipinski definition) is 2. The van der Waals surface area contributed by atoms with Crippen LogP contribution in [0.1, 0.15) is 11.1 Å². The molecule has 2 N–H and O–H groups in total. The summed E-state index contributed by atoms with van der Waals surface area (Å²) in [5, 5.41) is 6.30. The highest BCUT2D eigenvalue weighted by molar-refractivity contribution is 5.80. The van der Waals surface area contributed by atoms with E-state index in [0.29, 0.717) is 17.7 Å². The Kier molecular flexibility index (Phi) is 6.41. The predicted octanol–water partition coefficient (Wildman–Crippen LogP) is 5.12. The molecule has 0 radical (unpaired) electrons. The van der Waals surface area contributed by atoms with Gasteiger partial charge in [0.1, 0.15) is 17.9 Å². The molecule has 0 amide bonds. The average Bonchev–Trinajstić information content (AvgIpc) is 2.69. The molecular formula is C18H11F7N6O. The summed E-state index contributed by atoms with van der Waals surface area (Å²) >= 11 is 0. The fourth-order valence-electron chi connectivity index (χ4n) is 2.28. The Hall–Kier alpha value is -3.97. The van der Waals surface area contributed by atoms with E-state index in [9.17, 15) is 30.7 Å². The van der Waals surface area contributed by atoms with Gasteiger partial charge in [-0.2, -0.15) is 28.2 Å². The number of alkyl halides is 6. The Balaban J connectivity index is 1.64. The van der Waals surface area contributed by atoms with Gasteiger partial charge in [-0.15, -0.1) is 13.2 Å². The number of aromatic nitrogens is 3. The SMILES string of the molecule is Fc1ccc(Nc2ncnc(N/N=C\c3ccc(OC(F)(F)F)cc3)n2)cc1C(F)(F)F. The van der Waals surface area contributed by atoms with E-state index in [1.807, 2.05) is 0 Å². The van der Waals surface area contributed by atoms with E-state index >= 15 is 0 Å². The molecule has 0 fully saturated rings. The van der Waals surface area contributed by atoms with Gasteiger partial charge in [0.25, 0.3) is 0 Å². The van der Waals surface area contributed by atoms with Crippen molar-refractivity contribution in [2.75, 3.05) is 10.7 Å². The van der Waals surface area contributed by atoms with Crippen molar-refractivity contribution in [3.63, 3.8) is 0 Å². The third-order valence-corrected chi connectivity index (χ3v) is 3.59. The summed E-state index contributed by atoms with van der Waals surface area (Å²) in [5.74, 6) is -2.06. The van der Waals surface area contributed by atoms with Crippen LogP contribution >= 0.6 is 0 Å². The molecule has 1 heterocycles. The Morgan fingerprint density at radius 3 is 2.25 bits per heavy atom. The summed E-state index contributed by atoms with van der Waals surface area (Å²) in [6.45, 7) is 0. The summed E-state index contributed by atoms with van der Waals surface area (Å²) in [6.07, 6.45) is -7.38. The lowest BCUT2D eigenvalue weighted by atomic mass is 10.2. The molecule has 14 heteroatoms. The average molecular weight is 460 g/mol. The third-order valence-electron chi connectivity index (χ3n) is 3.59. The maximum atomic E-state index is 13.4. The number of halogens is 7. The number of nitrogens with zero attached hydrogens (tertiary/aromatic N) is 4. The Bertz CT molecular complexity index is 1100. The van der Waals surface area contributed by atoms with E-state index in [2.05, 4.69) is 35.5 Å². The normalized spacial score (nSPS) is 12.1. The van der Waals surface area contributed by atoms with Crippen molar-refractivity contribution in [2.24, 2.45) is 5.10 Å². The van der Waals surface area contributed by atoms with Gasteiger partial charge in [-0.05, 0) is 48.0 Å². The largest absolute Gasteiger partial charge is 0.573 e. The van der Waals surface area contributed by atoms with Crippen molar-refractivity contribution in [2.45, 2.75) is 12.5 Å². The molecule has 168 valence electrons. The molecule has 0 aliphatic rings. The zero-order valence-corrected chi connectivity index (χ0v) is 15.5. The van der Waals surface area contributed by atoms with E-state index < -0.39 is 29.7 Å². The van der Waals surface area contributed by atoms with Crippen LogP contribution in [0.4, 0.5) is 48.3 Å². The fourth-order valence-corrected chi connectivity index (χ4v) is 2.28. The molecule has 7 nitrogen and oxygen atoms in total. The summed E-state index contributed by atoms with van der Waals surface area (Å²) in [6, 6.07) is 7.12. The molecule has 0 aliphatic carbocycles. The van der Waals surface area contributed by atoms with Crippen LogP contribution in [0.3, 0.4) is 0 Å². The fraction of sp³-hybridized carbons (Fsp3) is 0.111. The van der Waals surface area contributed by atoms with Crippen LogP contribution in [0.25, 0.3) is 0 Å². The minimum Gasteiger partial charge on any atom is -0.406 e. The van der Waals surface area contributed by atoms with Crippen LogP contribution in [-0.4, -0.2) is 27.5 Å². The number of nitrogens with one attached hydrogen (secondary N) is 2. The highest BCUT2D eigenvalue weighted by Gasteiger charge is 2.34. The second kappa shape index (κ2) is 9.03. The van der Waals surface area contributed by atoms with Crippen molar-refractivity contribution in [1.82, 2.24) is 15.0 Å². The maximum Gasteiger partial charge on any atom is 0.573 e.